The van der Waals surface area contributed by atoms with E-state index < -0.39 is 23.6 Å². The zero-order valence-electron chi connectivity index (χ0n) is 11.8. The minimum Gasteiger partial charge on any atom is -0.494 e. The number of halogens is 1. The number of ether oxygens (including phenoxy) is 1. The lowest BCUT2D eigenvalue weighted by Gasteiger charge is -2.10. The van der Waals surface area contributed by atoms with Crippen molar-refractivity contribution in [2.75, 3.05) is 7.11 Å². The number of benzene rings is 1. The van der Waals surface area contributed by atoms with E-state index in [2.05, 4.69) is 10.1 Å². The maximum atomic E-state index is 13.4. The summed E-state index contributed by atoms with van der Waals surface area (Å²) in [5, 5.41) is 12.8. The number of aromatic nitrogens is 2. The Kier molecular flexibility index (Phi) is 4.21. The second kappa shape index (κ2) is 5.90. The Balaban J connectivity index is 2.29. The van der Waals surface area contributed by atoms with Crippen LogP contribution in [0.2, 0.25) is 0 Å². The molecule has 1 aromatic heterocycles. The van der Waals surface area contributed by atoms with Gasteiger partial charge in [-0.1, -0.05) is 19.0 Å². The second-order valence-electron chi connectivity index (χ2n) is 4.72. The fraction of sp³-hybridized carbons (Fsp3) is 0.357. The third kappa shape index (κ3) is 3.01. The lowest BCUT2D eigenvalue weighted by molar-refractivity contribution is -0.141. The molecule has 1 aromatic carbocycles. The highest BCUT2D eigenvalue weighted by molar-refractivity contribution is 5.70. The van der Waals surface area contributed by atoms with Crippen molar-refractivity contribution in [3.63, 3.8) is 0 Å². The summed E-state index contributed by atoms with van der Waals surface area (Å²) in [6.45, 7) is 3.26. The fourth-order valence-corrected chi connectivity index (χ4v) is 1.76. The Morgan fingerprint density at radius 2 is 2.14 bits per heavy atom. The summed E-state index contributed by atoms with van der Waals surface area (Å²) in [6, 6.07) is 4.19. The van der Waals surface area contributed by atoms with Gasteiger partial charge in [-0.25, -0.2) is 4.39 Å². The highest BCUT2D eigenvalue weighted by Crippen LogP contribution is 2.28. The molecule has 2 rings (SSSR count). The third-order valence-corrected chi connectivity index (χ3v) is 3.38. The van der Waals surface area contributed by atoms with E-state index in [1.807, 2.05) is 0 Å². The second-order valence-corrected chi connectivity index (χ2v) is 4.72. The number of rotatable bonds is 5. The minimum absolute atomic E-state index is 0.0748. The van der Waals surface area contributed by atoms with Gasteiger partial charge in [0.25, 0.3) is 0 Å². The van der Waals surface area contributed by atoms with Crippen molar-refractivity contribution in [3.8, 4) is 17.1 Å². The van der Waals surface area contributed by atoms with Gasteiger partial charge < -0.3 is 14.4 Å². The molecule has 0 radical (unpaired) electrons. The van der Waals surface area contributed by atoms with Gasteiger partial charge in [-0.05, 0) is 18.2 Å². The number of aliphatic carboxylic acids is 1. The zero-order valence-corrected chi connectivity index (χ0v) is 11.8. The van der Waals surface area contributed by atoms with E-state index in [0.29, 0.717) is 5.56 Å². The van der Waals surface area contributed by atoms with Crippen LogP contribution in [-0.2, 0) is 4.79 Å². The van der Waals surface area contributed by atoms with Gasteiger partial charge in [0.1, 0.15) is 0 Å². The topological polar surface area (TPSA) is 85.5 Å². The molecule has 6 nitrogen and oxygen atoms in total. The van der Waals surface area contributed by atoms with Crippen LogP contribution < -0.4 is 4.74 Å². The highest BCUT2D eigenvalue weighted by Gasteiger charge is 2.26. The summed E-state index contributed by atoms with van der Waals surface area (Å²) in [5.74, 6) is -1.95. The van der Waals surface area contributed by atoms with E-state index in [1.54, 1.807) is 13.8 Å². The zero-order chi connectivity index (χ0) is 15.6. The van der Waals surface area contributed by atoms with Crippen LogP contribution in [0.1, 0.15) is 25.7 Å². The van der Waals surface area contributed by atoms with Crippen molar-refractivity contribution in [3.05, 3.63) is 29.9 Å². The molecule has 0 bridgehead atoms. The number of carboxylic acids is 1. The van der Waals surface area contributed by atoms with Crippen LogP contribution in [0, 0.1) is 11.7 Å². The van der Waals surface area contributed by atoms with Crippen molar-refractivity contribution in [2.45, 2.75) is 19.8 Å². The molecule has 0 aliphatic carbocycles. The van der Waals surface area contributed by atoms with Crippen molar-refractivity contribution < 1.29 is 23.6 Å². The maximum absolute atomic E-state index is 13.4. The Hall–Kier alpha value is -2.44. The molecule has 2 unspecified atom stereocenters. The molecule has 0 fully saturated rings. The molecule has 1 heterocycles. The molecular formula is C14H15FN2O4. The van der Waals surface area contributed by atoms with E-state index in [-0.39, 0.29) is 17.5 Å². The largest absolute Gasteiger partial charge is 0.494 e. The molecule has 0 spiro atoms. The third-order valence-electron chi connectivity index (χ3n) is 3.38. The average molecular weight is 294 g/mol. The number of hydrogen-bond acceptors (Lipinski definition) is 5. The number of carboxylic acid groups (broad SMARTS) is 1. The van der Waals surface area contributed by atoms with Gasteiger partial charge in [-0.15, -0.1) is 0 Å². The molecule has 0 aliphatic heterocycles. The van der Waals surface area contributed by atoms with Crippen LogP contribution in [0.5, 0.6) is 5.75 Å². The van der Waals surface area contributed by atoms with Crippen LogP contribution in [0.25, 0.3) is 11.4 Å². The first-order valence-electron chi connectivity index (χ1n) is 6.34. The van der Waals surface area contributed by atoms with Gasteiger partial charge >= 0.3 is 5.97 Å². The van der Waals surface area contributed by atoms with E-state index in [1.165, 1.54) is 25.3 Å². The van der Waals surface area contributed by atoms with Crippen molar-refractivity contribution >= 4 is 5.97 Å². The van der Waals surface area contributed by atoms with Crippen molar-refractivity contribution in [1.82, 2.24) is 10.1 Å². The van der Waals surface area contributed by atoms with Crippen LogP contribution in [0.4, 0.5) is 4.39 Å². The lowest BCUT2D eigenvalue weighted by Crippen LogP contribution is -2.16. The Labute approximate surface area is 120 Å². The van der Waals surface area contributed by atoms with Crippen LogP contribution in [0.15, 0.2) is 22.7 Å². The highest BCUT2D eigenvalue weighted by atomic mass is 19.1. The summed E-state index contributed by atoms with van der Waals surface area (Å²) in [7, 11) is 1.36. The van der Waals surface area contributed by atoms with Crippen LogP contribution in [0.3, 0.4) is 0 Å². The summed E-state index contributed by atoms with van der Waals surface area (Å²) >= 11 is 0. The number of nitrogens with zero attached hydrogens (tertiary/aromatic N) is 2. The molecule has 0 saturated heterocycles. The van der Waals surface area contributed by atoms with Crippen LogP contribution in [-0.4, -0.2) is 28.3 Å². The fourth-order valence-electron chi connectivity index (χ4n) is 1.76. The van der Waals surface area contributed by atoms with Gasteiger partial charge in [-0.2, -0.15) is 4.98 Å². The first-order valence-corrected chi connectivity index (χ1v) is 6.34. The molecule has 0 amide bonds. The molecular weight excluding hydrogens is 279 g/mol. The smallest absolute Gasteiger partial charge is 0.307 e. The van der Waals surface area contributed by atoms with Crippen molar-refractivity contribution in [1.29, 1.82) is 0 Å². The summed E-state index contributed by atoms with van der Waals surface area (Å²) < 4.78 is 23.3. The first kappa shape index (κ1) is 15.0. The molecule has 7 heteroatoms. The number of carbonyl (C=O) groups is 1. The van der Waals surface area contributed by atoms with Gasteiger partial charge in [0, 0.05) is 11.5 Å². The molecule has 1 N–H and O–H groups in total. The monoisotopic (exact) mass is 294 g/mol. The molecule has 2 aromatic rings. The summed E-state index contributed by atoms with van der Waals surface area (Å²) in [6.07, 6.45) is 0. The van der Waals surface area contributed by atoms with E-state index in [4.69, 9.17) is 14.4 Å². The van der Waals surface area contributed by atoms with Gasteiger partial charge in [0.15, 0.2) is 11.6 Å². The van der Waals surface area contributed by atoms with E-state index >= 15 is 0 Å². The van der Waals surface area contributed by atoms with Crippen molar-refractivity contribution in [2.24, 2.45) is 5.92 Å². The Morgan fingerprint density at radius 3 is 2.76 bits per heavy atom. The molecule has 2 atom stereocenters. The van der Waals surface area contributed by atoms with E-state index in [0.717, 1.165) is 0 Å². The first-order chi connectivity index (χ1) is 9.93. The molecule has 21 heavy (non-hydrogen) atoms. The lowest BCUT2D eigenvalue weighted by atomic mass is 9.96. The average Bonchev–Trinajstić information content (AvgIpc) is 2.95. The predicted molar refractivity (Wildman–Crippen MR) is 71.5 cm³/mol. The SMILES string of the molecule is COc1cc(-c2noc(C(C)C(C)C(=O)O)n2)ccc1F. The van der Waals surface area contributed by atoms with Crippen LogP contribution >= 0.6 is 0 Å². The number of hydrogen-bond donors (Lipinski definition) is 1. The predicted octanol–water partition coefficient (Wildman–Crippen LogP) is 2.71. The summed E-state index contributed by atoms with van der Waals surface area (Å²) in [5.41, 5.74) is 0.526. The van der Waals surface area contributed by atoms with Gasteiger partial charge in [0.05, 0.1) is 13.0 Å². The molecule has 0 aliphatic rings. The normalized spacial score (nSPS) is 13.7. The van der Waals surface area contributed by atoms with Gasteiger partial charge in [-0.3, -0.25) is 4.79 Å². The van der Waals surface area contributed by atoms with E-state index in [9.17, 15) is 9.18 Å². The minimum atomic E-state index is -0.939. The molecule has 0 saturated carbocycles. The summed E-state index contributed by atoms with van der Waals surface area (Å²) in [4.78, 5) is 15.1. The Bertz CT molecular complexity index is 656. The quantitative estimate of drug-likeness (QED) is 0.912. The number of methoxy groups -OCH3 is 1. The Morgan fingerprint density at radius 1 is 1.43 bits per heavy atom. The van der Waals surface area contributed by atoms with Gasteiger partial charge in [0.2, 0.25) is 11.7 Å². The maximum Gasteiger partial charge on any atom is 0.307 e. The molecule has 112 valence electrons. The standard InChI is InChI=1S/C14H15FN2O4/c1-7(8(2)14(18)19)13-16-12(17-21-13)9-4-5-10(15)11(6-9)20-3/h4-8H,1-3H3,(H,18,19).